The van der Waals surface area contributed by atoms with Gasteiger partial charge in [-0.25, -0.2) is 9.37 Å². The molecule has 1 fully saturated rings. The maximum absolute atomic E-state index is 15.2. The maximum atomic E-state index is 15.2. The van der Waals surface area contributed by atoms with Crippen LogP contribution in [0.1, 0.15) is 51.0 Å². The second kappa shape index (κ2) is 15.5. The number of benzene rings is 2. The van der Waals surface area contributed by atoms with Gasteiger partial charge in [0.05, 0.1) is 5.52 Å². The van der Waals surface area contributed by atoms with E-state index in [1.54, 1.807) is 26.0 Å². The van der Waals surface area contributed by atoms with Crippen LogP contribution in [0.15, 0.2) is 60.6 Å². The molecule has 0 radical (unpaired) electrons. The van der Waals surface area contributed by atoms with Gasteiger partial charge in [-0.1, -0.05) is 19.9 Å². The Labute approximate surface area is 263 Å². The highest BCUT2D eigenvalue weighted by Gasteiger charge is 2.20. The molecule has 1 aliphatic heterocycles. The lowest BCUT2D eigenvalue weighted by molar-refractivity contribution is 0.0912. The highest BCUT2D eigenvalue weighted by Crippen LogP contribution is 2.34. The van der Waals surface area contributed by atoms with E-state index in [2.05, 4.69) is 64.3 Å². The minimum atomic E-state index is -0.849. The van der Waals surface area contributed by atoms with Crippen molar-refractivity contribution in [1.82, 2.24) is 24.8 Å². The number of hydrogen-bond donors (Lipinski definition) is 2. The number of fused-ring (bicyclic) bond motifs is 1. The largest absolute Gasteiger partial charge is 0.433 e. The standard InChI is InChI=1S/C26H26F2N6O2.C8H17N/c1-3-22(35)34-16(2)14-19-20(34)8-9-21(23(19)27)36-26-24(28)25(30-15-31-26)32-17-4-6-18(7-5-17)33-12-10-29-11-13-33;1-5-7-9(4)8(3)6-2/h4-9,14-15,29H,3,10-13H2,1-2H3,(H,30,31,32);6H,5,7H2,1-4H3/b;8-6+. The quantitative estimate of drug-likeness (QED) is 0.202. The van der Waals surface area contributed by atoms with Crippen molar-refractivity contribution >= 4 is 34.0 Å². The summed E-state index contributed by atoms with van der Waals surface area (Å²) < 4.78 is 37.4. The Balaban J connectivity index is 0.000000448. The average Bonchev–Trinajstić information content (AvgIpc) is 3.41. The van der Waals surface area contributed by atoms with E-state index in [-0.39, 0.29) is 29.3 Å². The zero-order valence-corrected chi connectivity index (χ0v) is 27.0. The molecular weight excluding hydrogens is 576 g/mol. The first kappa shape index (κ1) is 33.4. The number of nitrogens with one attached hydrogen (secondary N) is 2. The highest BCUT2D eigenvalue weighted by atomic mass is 19.1. The summed E-state index contributed by atoms with van der Waals surface area (Å²) in [6, 6.07) is 12.1. The molecule has 240 valence electrons. The third kappa shape index (κ3) is 7.96. The number of halogens is 2. The predicted octanol–water partition coefficient (Wildman–Crippen LogP) is 7.27. The third-order valence-electron chi connectivity index (χ3n) is 7.78. The Hall–Kier alpha value is -4.51. The SMILES string of the molecule is C/C=C(\C)N(C)CCC.CCC(=O)n1c(C)cc2c(F)c(Oc3ncnc(Nc4ccc(N5CCNCC5)cc4)c3F)ccc21. The maximum Gasteiger partial charge on any atom is 0.261 e. The van der Waals surface area contributed by atoms with Crippen LogP contribution >= 0.6 is 0 Å². The fourth-order valence-corrected chi connectivity index (χ4v) is 5.09. The van der Waals surface area contributed by atoms with E-state index in [1.165, 1.54) is 22.8 Å². The Morgan fingerprint density at radius 2 is 1.80 bits per heavy atom. The second-order valence-corrected chi connectivity index (χ2v) is 10.9. The number of nitrogens with zero attached hydrogens (tertiary/aromatic N) is 5. The molecule has 0 bridgehead atoms. The van der Waals surface area contributed by atoms with Crippen LogP contribution in [0.4, 0.5) is 26.0 Å². The molecule has 0 unspecified atom stereocenters. The number of aryl methyl sites for hydroxylation is 1. The summed E-state index contributed by atoms with van der Waals surface area (Å²) in [6.07, 6.45) is 4.79. The molecule has 0 atom stereocenters. The lowest BCUT2D eigenvalue weighted by Gasteiger charge is -2.29. The zero-order valence-electron chi connectivity index (χ0n) is 27.0. The van der Waals surface area contributed by atoms with Crippen molar-refractivity contribution in [3.63, 3.8) is 0 Å². The van der Waals surface area contributed by atoms with E-state index in [9.17, 15) is 4.79 Å². The van der Waals surface area contributed by atoms with Gasteiger partial charge in [-0.3, -0.25) is 9.36 Å². The highest BCUT2D eigenvalue weighted by molar-refractivity contribution is 5.94. The van der Waals surface area contributed by atoms with Gasteiger partial charge in [-0.2, -0.15) is 9.37 Å². The summed E-state index contributed by atoms with van der Waals surface area (Å²) >= 11 is 0. The Bertz CT molecular complexity index is 1630. The van der Waals surface area contributed by atoms with E-state index in [0.717, 1.165) is 44.7 Å². The van der Waals surface area contributed by atoms with Crippen molar-refractivity contribution in [2.24, 2.45) is 0 Å². The number of hydrogen-bond acceptors (Lipinski definition) is 8. The number of piperazine rings is 1. The van der Waals surface area contributed by atoms with Gasteiger partial charge in [0.1, 0.15) is 6.33 Å². The number of carbonyl (C=O) groups is 1. The van der Waals surface area contributed by atoms with E-state index >= 15 is 8.78 Å². The van der Waals surface area contributed by atoms with E-state index in [0.29, 0.717) is 16.9 Å². The van der Waals surface area contributed by atoms with Crippen LogP contribution in [0.3, 0.4) is 0 Å². The first-order valence-electron chi connectivity index (χ1n) is 15.4. The molecule has 0 amide bonds. The van der Waals surface area contributed by atoms with Crippen LogP contribution in [0, 0.1) is 18.6 Å². The average molecular weight is 620 g/mol. The molecule has 0 spiro atoms. The van der Waals surface area contributed by atoms with Gasteiger partial charge in [-0.15, -0.1) is 0 Å². The molecule has 0 aliphatic carbocycles. The topological polar surface area (TPSA) is 87.5 Å². The molecule has 45 heavy (non-hydrogen) atoms. The summed E-state index contributed by atoms with van der Waals surface area (Å²) in [4.78, 5) is 24.6. The normalized spacial score (nSPS) is 13.3. The molecule has 9 nitrogen and oxygen atoms in total. The number of carbonyl (C=O) groups excluding carboxylic acids is 1. The molecule has 11 heteroatoms. The Morgan fingerprint density at radius 1 is 1.09 bits per heavy atom. The van der Waals surface area contributed by atoms with Gasteiger partial charge in [0, 0.05) is 74.3 Å². The van der Waals surface area contributed by atoms with Gasteiger partial charge < -0.3 is 25.2 Å². The van der Waals surface area contributed by atoms with Gasteiger partial charge in [0.15, 0.2) is 17.4 Å². The van der Waals surface area contributed by atoms with Crippen molar-refractivity contribution in [3.05, 3.63) is 77.9 Å². The van der Waals surface area contributed by atoms with E-state index in [4.69, 9.17) is 4.74 Å². The Morgan fingerprint density at radius 3 is 2.44 bits per heavy atom. The lowest BCUT2D eigenvalue weighted by Crippen LogP contribution is -2.43. The Kier molecular flexibility index (Phi) is 11.5. The van der Waals surface area contributed by atoms with Crippen LogP contribution in [0.2, 0.25) is 0 Å². The molecule has 5 rings (SSSR count). The summed E-state index contributed by atoms with van der Waals surface area (Å²) in [5.41, 5.74) is 4.12. The third-order valence-corrected chi connectivity index (χ3v) is 7.78. The van der Waals surface area contributed by atoms with Crippen LogP contribution < -0.4 is 20.3 Å². The smallest absolute Gasteiger partial charge is 0.261 e. The number of rotatable bonds is 9. The zero-order chi connectivity index (χ0) is 32.5. The summed E-state index contributed by atoms with van der Waals surface area (Å²) in [7, 11) is 2.12. The first-order valence-corrected chi connectivity index (χ1v) is 15.4. The molecule has 1 saturated heterocycles. The van der Waals surface area contributed by atoms with Gasteiger partial charge in [0.25, 0.3) is 5.88 Å². The number of aromatic nitrogens is 3. The number of allylic oxidation sites excluding steroid dienone is 2. The summed E-state index contributed by atoms with van der Waals surface area (Å²) in [5.74, 6) is -2.40. The van der Waals surface area contributed by atoms with Gasteiger partial charge in [-0.05, 0) is 69.7 Å². The van der Waals surface area contributed by atoms with Crippen molar-refractivity contribution in [2.45, 2.75) is 47.5 Å². The van der Waals surface area contributed by atoms with Crippen molar-refractivity contribution < 1.29 is 18.3 Å². The molecule has 0 saturated carbocycles. The van der Waals surface area contributed by atoms with Crippen LogP contribution in [-0.4, -0.2) is 65.1 Å². The molecular formula is C34H43F2N7O2. The van der Waals surface area contributed by atoms with Crippen LogP contribution in [-0.2, 0) is 0 Å². The van der Waals surface area contributed by atoms with Crippen LogP contribution in [0.5, 0.6) is 11.6 Å². The van der Waals surface area contributed by atoms with Gasteiger partial charge in [0.2, 0.25) is 11.7 Å². The van der Waals surface area contributed by atoms with E-state index in [1.807, 2.05) is 24.3 Å². The molecule has 3 heterocycles. The van der Waals surface area contributed by atoms with Crippen molar-refractivity contribution in [2.75, 3.05) is 50.0 Å². The number of anilines is 3. The van der Waals surface area contributed by atoms with Crippen molar-refractivity contribution in [1.29, 1.82) is 0 Å². The number of ether oxygens (including phenoxy) is 1. The summed E-state index contributed by atoms with van der Waals surface area (Å²) in [6.45, 7) is 14.8. The fourth-order valence-electron chi connectivity index (χ4n) is 5.09. The second-order valence-electron chi connectivity index (χ2n) is 10.9. The molecule has 4 aromatic rings. The minimum absolute atomic E-state index is 0.0908. The monoisotopic (exact) mass is 619 g/mol. The van der Waals surface area contributed by atoms with E-state index < -0.39 is 17.5 Å². The lowest BCUT2D eigenvalue weighted by atomic mass is 10.2. The molecule has 2 N–H and O–H groups in total. The van der Waals surface area contributed by atoms with Crippen molar-refractivity contribution in [3.8, 4) is 11.6 Å². The predicted molar refractivity (Wildman–Crippen MR) is 177 cm³/mol. The summed E-state index contributed by atoms with van der Waals surface area (Å²) in [5, 5.41) is 6.46. The minimum Gasteiger partial charge on any atom is -0.433 e. The van der Waals surface area contributed by atoms with Crippen LogP contribution in [0.25, 0.3) is 10.9 Å². The van der Waals surface area contributed by atoms with Gasteiger partial charge >= 0.3 is 0 Å². The molecule has 2 aromatic carbocycles. The fraction of sp³-hybridized carbons (Fsp3) is 0.382. The molecule has 1 aliphatic rings. The molecule has 2 aromatic heterocycles. The first-order chi connectivity index (χ1) is 21.7.